The highest BCUT2D eigenvalue weighted by Gasteiger charge is 2.22. The molecule has 0 saturated heterocycles. The van der Waals surface area contributed by atoms with E-state index in [2.05, 4.69) is 10.0 Å². The van der Waals surface area contributed by atoms with E-state index < -0.39 is 10.0 Å². The summed E-state index contributed by atoms with van der Waals surface area (Å²) in [5, 5.41) is 3.48. The van der Waals surface area contributed by atoms with Crippen LogP contribution >= 0.6 is 35.0 Å². The van der Waals surface area contributed by atoms with Crippen LogP contribution in [-0.2, 0) is 16.6 Å². The predicted molar refractivity (Wildman–Crippen MR) is 87.4 cm³/mol. The first-order valence-corrected chi connectivity index (χ1v) is 9.59. The van der Waals surface area contributed by atoms with Crippen LogP contribution in [0.5, 0.6) is 0 Å². The van der Waals surface area contributed by atoms with Crippen molar-refractivity contribution in [3.63, 3.8) is 0 Å². The quantitative estimate of drug-likeness (QED) is 0.788. The molecule has 0 spiro atoms. The second-order valence-electron chi connectivity index (χ2n) is 4.39. The number of nitrogens with one attached hydrogen (secondary N) is 2. The molecule has 1 aromatic rings. The zero-order valence-corrected chi connectivity index (χ0v) is 14.7. The molecule has 0 aromatic heterocycles. The van der Waals surface area contributed by atoms with Crippen LogP contribution in [0.4, 0.5) is 0 Å². The van der Waals surface area contributed by atoms with Gasteiger partial charge < -0.3 is 5.32 Å². The molecule has 20 heavy (non-hydrogen) atoms. The van der Waals surface area contributed by atoms with E-state index in [1.807, 2.05) is 6.26 Å². The van der Waals surface area contributed by atoms with Gasteiger partial charge in [-0.05, 0) is 37.9 Å². The lowest BCUT2D eigenvalue weighted by Gasteiger charge is -2.15. The van der Waals surface area contributed by atoms with E-state index in [1.54, 1.807) is 31.8 Å². The second kappa shape index (κ2) is 7.87. The van der Waals surface area contributed by atoms with Crippen molar-refractivity contribution in [1.82, 2.24) is 10.0 Å². The number of hydrogen-bond donors (Lipinski definition) is 2. The summed E-state index contributed by atoms with van der Waals surface area (Å²) in [6, 6.07) is 2.85. The molecule has 0 aliphatic rings. The first-order valence-electron chi connectivity index (χ1n) is 5.95. The number of hydrogen-bond acceptors (Lipinski definition) is 4. The fourth-order valence-corrected chi connectivity index (χ4v) is 4.61. The lowest BCUT2D eigenvalue weighted by Crippen LogP contribution is -2.34. The monoisotopic (exact) mass is 356 g/mol. The number of halogens is 2. The zero-order chi connectivity index (χ0) is 15.3. The van der Waals surface area contributed by atoms with Gasteiger partial charge in [-0.2, -0.15) is 11.8 Å². The van der Waals surface area contributed by atoms with Gasteiger partial charge in [0.25, 0.3) is 0 Å². The largest absolute Gasteiger partial charge is 0.316 e. The van der Waals surface area contributed by atoms with Crippen LogP contribution in [-0.4, -0.2) is 33.5 Å². The predicted octanol–water partition coefficient (Wildman–Crippen LogP) is 2.74. The van der Waals surface area contributed by atoms with E-state index >= 15 is 0 Å². The minimum absolute atomic E-state index is 0.0184. The van der Waals surface area contributed by atoms with Gasteiger partial charge in [0.2, 0.25) is 10.0 Å². The van der Waals surface area contributed by atoms with Gasteiger partial charge in [0, 0.05) is 23.4 Å². The highest BCUT2D eigenvalue weighted by molar-refractivity contribution is 7.98. The van der Waals surface area contributed by atoms with Crippen molar-refractivity contribution in [3.8, 4) is 0 Å². The maximum absolute atomic E-state index is 12.4. The smallest absolute Gasteiger partial charge is 0.242 e. The van der Waals surface area contributed by atoms with E-state index in [0.29, 0.717) is 22.9 Å². The second-order valence-corrected chi connectivity index (χ2v) is 7.79. The molecule has 114 valence electrons. The molecule has 1 unspecified atom stereocenters. The van der Waals surface area contributed by atoms with E-state index in [9.17, 15) is 8.42 Å². The van der Waals surface area contributed by atoms with Gasteiger partial charge in [-0.15, -0.1) is 0 Å². The summed E-state index contributed by atoms with van der Waals surface area (Å²) in [5.41, 5.74) is 0.652. The summed E-state index contributed by atoms with van der Waals surface area (Å²) < 4.78 is 27.3. The fourth-order valence-electron chi connectivity index (χ4n) is 1.75. The molecule has 0 aliphatic carbocycles. The van der Waals surface area contributed by atoms with Crippen molar-refractivity contribution in [1.29, 1.82) is 0 Å². The summed E-state index contributed by atoms with van der Waals surface area (Å²) in [7, 11) is -1.93. The average molecular weight is 357 g/mol. The first kappa shape index (κ1) is 18.1. The van der Waals surface area contributed by atoms with Gasteiger partial charge >= 0.3 is 0 Å². The summed E-state index contributed by atoms with van der Waals surface area (Å²) in [4.78, 5) is 0.0184. The van der Waals surface area contributed by atoms with Crippen LogP contribution < -0.4 is 10.0 Å². The van der Waals surface area contributed by atoms with E-state index in [4.69, 9.17) is 23.2 Å². The molecule has 1 atom stereocenters. The third-order valence-electron chi connectivity index (χ3n) is 2.51. The topological polar surface area (TPSA) is 58.2 Å². The Labute approximate surface area is 134 Å². The van der Waals surface area contributed by atoms with Crippen molar-refractivity contribution in [2.75, 3.05) is 19.1 Å². The highest BCUT2D eigenvalue weighted by Crippen LogP contribution is 2.29. The van der Waals surface area contributed by atoms with E-state index in [0.717, 1.165) is 0 Å². The van der Waals surface area contributed by atoms with Crippen molar-refractivity contribution in [2.45, 2.75) is 24.4 Å². The van der Waals surface area contributed by atoms with Gasteiger partial charge in [-0.1, -0.05) is 23.2 Å². The summed E-state index contributed by atoms with van der Waals surface area (Å²) in [6.07, 6.45) is 1.92. The van der Waals surface area contributed by atoms with Crippen LogP contribution in [0.1, 0.15) is 12.5 Å². The molecule has 0 radical (unpaired) electrons. The molecule has 4 nitrogen and oxygen atoms in total. The Kier molecular flexibility index (Phi) is 7.11. The van der Waals surface area contributed by atoms with Crippen LogP contribution in [0, 0.1) is 0 Å². The Balaban J connectivity index is 3.17. The Hall–Kier alpha value is 0.0200. The number of rotatable bonds is 7. The minimum atomic E-state index is -3.68. The Bertz CT molecular complexity index is 565. The number of thioether (sulfide) groups is 1. The number of benzene rings is 1. The molecule has 2 N–H and O–H groups in total. The van der Waals surface area contributed by atoms with Gasteiger partial charge in [0.05, 0.1) is 5.02 Å². The van der Waals surface area contributed by atoms with Crippen molar-refractivity contribution in [3.05, 3.63) is 27.7 Å². The summed E-state index contributed by atoms with van der Waals surface area (Å²) in [6.45, 7) is 2.25. The molecule has 8 heteroatoms. The van der Waals surface area contributed by atoms with Crippen LogP contribution in [0.25, 0.3) is 0 Å². The third-order valence-corrected chi connectivity index (χ3v) is 5.73. The maximum Gasteiger partial charge on any atom is 0.242 e. The molecule has 1 rings (SSSR count). The van der Waals surface area contributed by atoms with Gasteiger partial charge in [0.1, 0.15) is 4.90 Å². The Morgan fingerprint density at radius 3 is 2.55 bits per heavy atom. The van der Waals surface area contributed by atoms with Gasteiger partial charge in [0.15, 0.2) is 0 Å². The molecule has 0 saturated carbocycles. The lowest BCUT2D eigenvalue weighted by atomic mass is 10.2. The third kappa shape index (κ3) is 4.79. The summed E-state index contributed by atoms with van der Waals surface area (Å²) in [5.74, 6) is 0.681. The molecular formula is C12H18Cl2N2O2S2. The standard InChI is InChI=1S/C12H18Cl2N2O2S2/c1-8(7-19-3)16-20(17,18)11-5-10(13)4-9(6-15-2)12(11)14/h4-5,8,15-16H,6-7H2,1-3H3. The average Bonchev–Trinajstić information content (AvgIpc) is 2.33. The van der Waals surface area contributed by atoms with Gasteiger partial charge in [-0.3, -0.25) is 0 Å². The first-order chi connectivity index (χ1) is 9.31. The minimum Gasteiger partial charge on any atom is -0.316 e. The molecule has 0 aliphatic heterocycles. The SMILES string of the molecule is CNCc1cc(Cl)cc(S(=O)(=O)NC(C)CSC)c1Cl. The Morgan fingerprint density at radius 1 is 1.35 bits per heavy atom. The summed E-state index contributed by atoms with van der Waals surface area (Å²) >= 11 is 13.7. The van der Waals surface area contributed by atoms with Crippen molar-refractivity contribution < 1.29 is 8.42 Å². The van der Waals surface area contributed by atoms with Crippen molar-refractivity contribution in [2.24, 2.45) is 0 Å². The zero-order valence-electron chi connectivity index (χ0n) is 11.5. The van der Waals surface area contributed by atoms with Gasteiger partial charge in [-0.25, -0.2) is 13.1 Å². The molecular weight excluding hydrogens is 339 g/mol. The van der Waals surface area contributed by atoms with E-state index in [-0.39, 0.29) is 16.0 Å². The van der Waals surface area contributed by atoms with Crippen molar-refractivity contribution >= 4 is 45.0 Å². The maximum atomic E-state index is 12.4. The normalized spacial score (nSPS) is 13.4. The number of sulfonamides is 1. The molecule has 1 aromatic carbocycles. The fraction of sp³-hybridized carbons (Fsp3) is 0.500. The molecule has 0 bridgehead atoms. The molecule has 0 amide bonds. The van der Waals surface area contributed by atoms with Crippen LogP contribution in [0.15, 0.2) is 17.0 Å². The van der Waals surface area contributed by atoms with E-state index in [1.165, 1.54) is 6.07 Å². The molecule has 0 fully saturated rings. The molecule has 0 heterocycles. The Morgan fingerprint density at radius 2 is 2.00 bits per heavy atom. The van der Waals surface area contributed by atoms with Crippen LogP contribution in [0.2, 0.25) is 10.0 Å². The lowest BCUT2D eigenvalue weighted by molar-refractivity contribution is 0.571. The highest BCUT2D eigenvalue weighted by atomic mass is 35.5. The van der Waals surface area contributed by atoms with Crippen LogP contribution in [0.3, 0.4) is 0 Å².